The summed E-state index contributed by atoms with van der Waals surface area (Å²) in [5, 5.41) is 11.4. The van der Waals surface area contributed by atoms with Gasteiger partial charge in [0.2, 0.25) is 0 Å². The van der Waals surface area contributed by atoms with Gasteiger partial charge in [-0.15, -0.1) is 0 Å². The molecule has 37 heavy (non-hydrogen) atoms. The van der Waals surface area contributed by atoms with E-state index in [1.165, 1.54) is 4.90 Å². The van der Waals surface area contributed by atoms with Crippen molar-refractivity contribution >= 4 is 17.4 Å². The fraction of sp³-hybridized carbons (Fsp3) is 0.448. The Morgan fingerprint density at radius 1 is 1.08 bits per heavy atom. The molecule has 2 heterocycles. The first-order valence-electron chi connectivity index (χ1n) is 12.9. The number of ether oxygens (including phenoxy) is 4. The molecule has 0 aromatic heterocycles. The first-order valence-corrected chi connectivity index (χ1v) is 12.9. The Morgan fingerprint density at radius 2 is 1.89 bits per heavy atom. The molecule has 0 spiro atoms. The summed E-state index contributed by atoms with van der Waals surface area (Å²) in [7, 11) is 1.59. The summed E-state index contributed by atoms with van der Waals surface area (Å²) in [6.45, 7) is 7.58. The second-order valence-corrected chi connectivity index (χ2v) is 9.28. The molecule has 8 heteroatoms. The fourth-order valence-electron chi connectivity index (χ4n) is 4.86. The number of carbonyl (C=O) groups excluding carboxylic acids is 2. The van der Waals surface area contributed by atoms with Crippen LogP contribution in [0.5, 0.6) is 17.2 Å². The van der Waals surface area contributed by atoms with Crippen LogP contribution in [0, 0.1) is 0 Å². The lowest BCUT2D eigenvalue weighted by Crippen LogP contribution is -2.31. The monoisotopic (exact) mass is 509 g/mol. The molecule has 1 amide bonds. The third kappa shape index (κ3) is 5.44. The normalized spacial score (nSPS) is 20.2. The van der Waals surface area contributed by atoms with Gasteiger partial charge in [-0.1, -0.05) is 13.0 Å². The molecular formula is C29H35NO7. The zero-order valence-corrected chi connectivity index (χ0v) is 21.9. The number of rotatable bonds is 11. The number of methoxy groups -OCH3 is 1. The number of amides is 1. The van der Waals surface area contributed by atoms with Crippen molar-refractivity contribution in [3.05, 3.63) is 58.7 Å². The summed E-state index contributed by atoms with van der Waals surface area (Å²) in [6.07, 6.45) is 2.15. The second-order valence-electron chi connectivity index (χ2n) is 9.28. The molecule has 2 unspecified atom stereocenters. The lowest BCUT2D eigenvalue weighted by molar-refractivity contribution is -0.140. The minimum Gasteiger partial charge on any atom is -0.507 e. The molecule has 198 valence electrons. The molecule has 2 atom stereocenters. The SMILES string of the molecule is CCCOc1ccc(C2C(=C(O)c3ccc4c(c3)CC(C)O4)C(=O)C(=O)N2CCCOC)cc1OCC. The zero-order valence-electron chi connectivity index (χ0n) is 21.9. The van der Waals surface area contributed by atoms with Gasteiger partial charge in [0.05, 0.1) is 24.8 Å². The number of carbonyl (C=O) groups is 2. The molecule has 0 aliphatic carbocycles. The Labute approximate surface area is 217 Å². The summed E-state index contributed by atoms with van der Waals surface area (Å²) >= 11 is 0. The fourth-order valence-corrected chi connectivity index (χ4v) is 4.86. The van der Waals surface area contributed by atoms with E-state index in [4.69, 9.17) is 18.9 Å². The maximum absolute atomic E-state index is 13.3. The Hall–Kier alpha value is -3.52. The molecule has 1 N–H and O–H groups in total. The minimum atomic E-state index is -0.778. The van der Waals surface area contributed by atoms with Gasteiger partial charge in [0, 0.05) is 32.2 Å². The van der Waals surface area contributed by atoms with Crippen molar-refractivity contribution in [1.29, 1.82) is 0 Å². The molecule has 0 bridgehead atoms. The average molecular weight is 510 g/mol. The molecule has 2 aliphatic heterocycles. The van der Waals surface area contributed by atoms with Gasteiger partial charge in [-0.25, -0.2) is 0 Å². The first-order chi connectivity index (χ1) is 17.9. The standard InChI is InChI=1S/C29H35NO7/c1-5-13-36-23-11-8-19(17-24(23)35-6-2)26-25(28(32)29(33)30(26)12-7-14-34-4)27(31)20-9-10-22-21(16-20)15-18(3)37-22/h8-11,16-18,26,31H,5-7,12-15H2,1-4H3. The highest BCUT2D eigenvalue weighted by atomic mass is 16.5. The molecule has 8 nitrogen and oxygen atoms in total. The van der Waals surface area contributed by atoms with Gasteiger partial charge in [-0.2, -0.15) is 0 Å². The molecule has 0 saturated carbocycles. The molecule has 1 saturated heterocycles. The largest absolute Gasteiger partial charge is 0.507 e. The van der Waals surface area contributed by atoms with Crippen molar-refractivity contribution in [1.82, 2.24) is 4.90 Å². The number of hydrogen-bond acceptors (Lipinski definition) is 7. The van der Waals surface area contributed by atoms with Gasteiger partial charge < -0.3 is 29.0 Å². The van der Waals surface area contributed by atoms with Crippen molar-refractivity contribution in [2.75, 3.05) is 33.5 Å². The lowest BCUT2D eigenvalue weighted by Gasteiger charge is -2.26. The van der Waals surface area contributed by atoms with Gasteiger partial charge in [-0.05, 0) is 68.1 Å². The van der Waals surface area contributed by atoms with Crippen molar-refractivity contribution < 1.29 is 33.6 Å². The van der Waals surface area contributed by atoms with Crippen LogP contribution < -0.4 is 14.2 Å². The Morgan fingerprint density at radius 3 is 2.62 bits per heavy atom. The maximum Gasteiger partial charge on any atom is 0.295 e. The van der Waals surface area contributed by atoms with E-state index in [0.29, 0.717) is 61.8 Å². The number of likely N-dealkylation sites (tertiary alicyclic amines) is 1. The van der Waals surface area contributed by atoms with E-state index >= 15 is 0 Å². The van der Waals surface area contributed by atoms with Crippen LogP contribution in [0.1, 0.15) is 56.3 Å². The zero-order chi connectivity index (χ0) is 26.5. The Bertz CT molecular complexity index is 1190. The molecule has 0 radical (unpaired) electrons. The predicted octanol–water partition coefficient (Wildman–Crippen LogP) is 4.66. The van der Waals surface area contributed by atoms with Crippen LogP contribution in [0.2, 0.25) is 0 Å². The summed E-state index contributed by atoms with van der Waals surface area (Å²) in [5.74, 6) is 0.323. The van der Waals surface area contributed by atoms with Gasteiger partial charge in [0.25, 0.3) is 11.7 Å². The number of benzene rings is 2. The van der Waals surface area contributed by atoms with E-state index in [1.54, 1.807) is 31.4 Å². The van der Waals surface area contributed by atoms with E-state index in [1.807, 2.05) is 32.9 Å². The minimum absolute atomic E-state index is 0.0455. The van der Waals surface area contributed by atoms with Crippen LogP contribution in [0.3, 0.4) is 0 Å². The van der Waals surface area contributed by atoms with Gasteiger partial charge in [0.1, 0.15) is 17.6 Å². The molecule has 2 aliphatic rings. The molecule has 2 aromatic rings. The number of Topliss-reactive ketones (excluding diaryl/α,β-unsaturated/α-hetero) is 1. The Balaban J connectivity index is 1.81. The maximum atomic E-state index is 13.3. The summed E-state index contributed by atoms with van der Waals surface area (Å²) < 4.78 is 22.6. The molecule has 2 aromatic carbocycles. The topological polar surface area (TPSA) is 94.5 Å². The molecule has 1 fully saturated rings. The van der Waals surface area contributed by atoms with E-state index in [-0.39, 0.29) is 17.4 Å². The van der Waals surface area contributed by atoms with Crippen molar-refractivity contribution in [2.45, 2.75) is 52.2 Å². The first kappa shape index (κ1) is 26.5. The molecular weight excluding hydrogens is 474 g/mol. The summed E-state index contributed by atoms with van der Waals surface area (Å²) in [4.78, 5) is 28.0. The third-order valence-corrected chi connectivity index (χ3v) is 6.50. The third-order valence-electron chi connectivity index (χ3n) is 6.50. The van der Waals surface area contributed by atoms with E-state index in [0.717, 1.165) is 17.7 Å². The van der Waals surface area contributed by atoms with Crippen LogP contribution in [0.4, 0.5) is 0 Å². The second kappa shape index (κ2) is 11.7. The van der Waals surface area contributed by atoms with Crippen LogP contribution in [-0.2, 0) is 20.7 Å². The van der Waals surface area contributed by atoms with Gasteiger partial charge in [-0.3, -0.25) is 9.59 Å². The number of hydrogen-bond donors (Lipinski definition) is 1. The van der Waals surface area contributed by atoms with Crippen LogP contribution in [-0.4, -0.2) is 61.3 Å². The van der Waals surface area contributed by atoms with Crippen molar-refractivity contribution in [3.8, 4) is 17.2 Å². The number of ketones is 1. The van der Waals surface area contributed by atoms with Crippen molar-refractivity contribution in [3.63, 3.8) is 0 Å². The molecule has 4 rings (SSSR count). The van der Waals surface area contributed by atoms with E-state index in [2.05, 4.69) is 0 Å². The highest BCUT2D eigenvalue weighted by Gasteiger charge is 2.46. The van der Waals surface area contributed by atoms with Gasteiger partial charge in [0.15, 0.2) is 11.5 Å². The van der Waals surface area contributed by atoms with Crippen molar-refractivity contribution in [2.24, 2.45) is 0 Å². The van der Waals surface area contributed by atoms with Crippen LogP contribution in [0.15, 0.2) is 42.0 Å². The van der Waals surface area contributed by atoms with E-state index < -0.39 is 17.7 Å². The quantitative estimate of drug-likeness (QED) is 0.204. The van der Waals surface area contributed by atoms with Crippen LogP contribution >= 0.6 is 0 Å². The highest BCUT2D eigenvalue weighted by Crippen LogP contribution is 2.43. The number of nitrogens with zero attached hydrogens (tertiary/aromatic N) is 1. The Kier molecular flexibility index (Phi) is 8.38. The lowest BCUT2D eigenvalue weighted by atomic mass is 9.94. The summed E-state index contributed by atoms with van der Waals surface area (Å²) in [6, 6.07) is 9.97. The number of aliphatic hydroxyl groups excluding tert-OH is 1. The highest BCUT2D eigenvalue weighted by molar-refractivity contribution is 6.46. The summed E-state index contributed by atoms with van der Waals surface area (Å²) in [5.41, 5.74) is 2.14. The van der Waals surface area contributed by atoms with Crippen LogP contribution in [0.25, 0.3) is 5.76 Å². The average Bonchev–Trinajstić information content (AvgIpc) is 3.38. The van der Waals surface area contributed by atoms with E-state index in [9.17, 15) is 14.7 Å². The predicted molar refractivity (Wildman–Crippen MR) is 139 cm³/mol. The number of fused-ring (bicyclic) bond motifs is 1. The smallest absolute Gasteiger partial charge is 0.295 e. The van der Waals surface area contributed by atoms with Gasteiger partial charge >= 0.3 is 0 Å². The number of aliphatic hydroxyl groups is 1.